The van der Waals surface area contributed by atoms with Crippen LogP contribution in [0.5, 0.6) is 0 Å². The van der Waals surface area contributed by atoms with Gasteiger partial charge in [0.25, 0.3) is 0 Å². The molecule has 0 spiro atoms. The maximum absolute atomic E-state index is 12.5. The summed E-state index contributed by atoms with van der Waals surface area (Å²) < 4.78 is 6.93. The monoisotopic (exact) mass is 368 g/mol. The topological polar surface area (TPSA) is 97.6 Å². The molecule has 1 amide bonds. The number of carbonyl (C=O) groups is 2. The molecule has 0 radical (unpaired) electrons. The first-order valence-corrected chi connectivity index (χ1v) is 8.55. The second kappa shape index (κ2) is 6.80. The highest BCUT2D eigenvalue weighted by Gasteiger charge is 2.21. The van der Waals surface area contributed by atoms with E-state index in [9.17, 15) is 19.5 Å². The van der Waals surface area contributed by atoms with Crippen LogP contribution in [0, 0.1) is 11.8 Å². The predicted octanol–water partition coefficient (Wildman–Crippen LogP) is 2.13. The lowest BCUT2D eigenvalue weighted by Crippen LogP contribution is -2.32. The number of amides is 1. The van der Waals surface area contributed by atoms with Crippen molar-refractivity contribution in [2.75, 3.05) is 6.54 Å². The first kappa shape index (κ1) is 18.5. The van der Waals surface area contributed by atoms with Crippen molar-refractivity contribution in [3.05, 3.63) is 45.2 Å². The first-order chi connectivity index (χ1) is 12.7. The number of carboxylic acids is 1. The number of aromatic carboxylic acids is 1. The van der Waals surface area contributed by atoms with Crippen LogP contribution >= 0.6 is 0 Å². The molecule has 27 heavy (non-hydrogen) atoms. The lowest BCUT2D eigenvalue weighted by atomic mass is 10.0. The molecule has 1 aliphatic heterocycles. The van der Waals surface area contributed by atoms with Crippen molar-refractivity contribution in [3.63, 3.8) is 0 Å². The third-order valence-corrected chi connectivity index (χ3v) is 4.06. The number of aromatic nitrogens is 1. The summed E-state index contributed by atoms with van der Waals surface area (Å²) in [7, 11) is 0. The van der Waals surface area contributed by atoms with Crippen molar-refractivity contribution >= 4 is 23.0 Å². The molecule has 0 fully saturated rings. The Hall–Kier alpha value is -3.27. The van der Waals surface area contributed by atoms with E-state index in [1.165, 1.54) is 6.20 Å². The number of hydrogen-bond donors (Lipinski definition) is 2. The molecular formula is C20H20N2O5. The van der Waals surface area contributed by atoms with Crippen molar-refractivity contribution in [2.24, 2.45) is 0 Å². The van der Waals surface area contributed by atoms with Crippen molar-refractivity contribution < 1.29 is 19.4 Å². The number of alkyl carbamates (subject to hydrolysis) is 1. The molecular weight excluding hydrogens is 348 g/mol. The molecule has 2 aromatic rings. The number of rotatable bonds is 2. The molecule has 140 valence electrons. The van der Waals surface area contributed by atoms with Crippen LogP contribution < -0.4 is 10.7 Å². The summed E-state index contributed by atoms with van der Waals surface area (Å²) in [5.41, 5.74) is 1.01. The molecule has 1 aromatic heterocycles. The number of carbonyl (C=O) groups excluding carboxylic acids is 1. The van der Waals surface area contributed by atoms with E-state index in [0.717, 1.165) is 11.1 Å². The van der Waals surface area contributed by atoms with E-state index in [4.69, 9.17) is 4.74 Å². The Kier molecular flexibility index (Phi) is 4.66. The fourth-order valence-corrected chi connectivity index (χ4v) is 3.04. The SMILES string of the molecule is CC(C)(C)OC(=O)NCC#Cc1cc2c3c(c1)c(=O)c(C(=O)O)cn3CC2. The minimum absolute atomic E-state index is 0.0989. The molecule has 1 aromatic carbocycles. The summed E-state index contributed by atoms with van der Waals surface area (Å²) in [5.74, 6) is 4.50. The first-order valence-electron chi connectivity index (χ1n) is 8.55. The smallest absolute Gasteiger partial charge is 0.408 e. The molecule has 2 heterocycles. The second-order valence-corrected chi connectivity index (χ2v) is 7.31. The number of pyridine rings is 1. The molecule has 3 rings (SSSR count). The Morgan fingerprint density at radius 1 is 1.33 bits per heavy atom. The minimum atomic E-state index is -1.24. The molecule has 7 nitrogen and oxygen atoms in total. The Morgan fingerprint density at radius 2 is 2.07 bits per heavy atom. The van der Waals surface area contributed by atoms with Crippen molar-refractivity contribution in [1.29, 1.82) is 0 Å². The number of nitrogens with zero attached hydrogens (tertiary/aromatic N) is 1. The van der Waals surface area contributed by atoms with Crippen molar-refractivity contribution in [1.82, 2.24) is 9.88 Å². The molecule has 2 N–H and O–H groups in total. The van der Waals surface area contributed by atoms with E-state index in [1.807, 2.05) is 6.07 Å². The Labute approximate surface area is 155 Å². The number of ether oxygens (including phenoxy) is 1. The summed E-state index contributed by atoms with van der Waals surface area (Å²) in [4.78, 5) is 35.4. The third-order valence-electron chi connectivity index (χ3n) is 4.06. The van der Waals surface area contributed by atoms with E-state index >= 15 is 0 Å². The van der Waals surface area contributed by atoms with E-state index in [2.05, 4.69) is 17.2 Å². The lowest BCUT2D eigenvalue weighted by Gasteiger charge is -2.19. The average Bonchev–Trinajstić information content (AvgIpc) is 2.96. The zero-order valence-corrected chi connectivity index (χ0v) is 15.4. The van der Waals surface area contributed by atoms with Gasteiger partial charge in [-0.3, -0.25) is 4.79 Å². The van der Waals surface area contributed by atoms with Gasteiger partial charge in [-0.1, -0.05) is 11.8 Å². The highest BCUT2D eigenvalue weighted by molar-refractivity contribution is 5.94. The van der Waals surface area contributed by atoms with E-state index in [-0.39, 0.29) is 12.1 Å². The molecule has 0 atom stereocenters. The lowest BCUT2D eigenvalue weighted by molar-refractivity contribution is 0.0534. The number of benzene rings is 1. The van der Waals surface area contributed by atoms with Gasteiger partial charge in [-0.15, -0.1) is 0 Å². The van der Waals surface area contributed by atoms with Crippen LogP contribution in [0.15, 0.2) is 23.1 Å². The zero-order valence-electron chi connectivity index (χ0n) is 15.4. The van der Waals surface area contributed by atoms with E-state index < -0.39 is 23.1 Å². The summed E-state index contributed by atoms with van der Waals surface area (Å²) in [5, 5.41) is 12.1. The summed E-state index contributed by atoms with van der Waals surface area (Å²) in [6, 6.07) is 3.50. The van der Waals surface area contributed by atoms with Gasteiger partial charge in [0.05, 0.1) is 12.1 Å². The highest BCUT2D eigenvalue weighted by atomic mass is 16.6. The molecule has 0 unspecified atom stereocenters. The average molecular weight is 368 g/mol. The van der Waals surface area contributed by atoms with Gasteiger partial charge in [-0.05, 0) is 44.9 Å². The molecule has 1 aliphatic rings. The van der Waals surface area contributed by atoms with E-state index in [0.29, 0.717) is 23.9 Å². The van der Waals surface area contributed by atoms with Crippen LogP contribution in [0.4, 0.5) is 4.79 Å². The Morgan fingerprint density at radius 3 is 2.74 bits per heavy atom. The number of hydrogen-bond acceptors (Lipinski definition) is 4. The Balaban J connectivity index is 1.86. The zero-order chi connectivity index (χ0) is 19.8. The predicted molar refractivity (Wildman–Crippen MR) is 100.0 cm³/mol. The van der Waals surface area contributed by atoms with Gasteiger partial charge in [0, 0.05) is 23.7 Å². The number of nitrogens with one attached hydrogen (secondary N) is 1. The molecule has 7 heteroatoms. The largest absolute Gasteiger partial charge is 0.477 e. The summed E-state index contributed by atoms with van der Waals surface area (Å²) >= 11 is 0. The minimum Gasteiger partial charge on any atom is -0.477 e. The molecule has 0 aliphatic carbocycles. The van der Waals surface area contributed by atoms with Gasteiger partial charge in [0.15, 0.2) is 0 Å². The van der Waals surface area contributed by atoms with Crippen LogP contribution in [0.25, 0.3) is 10.9 Å². The van der Waals surface area contributed by atoms with Gasteiger partial charge in [-0.2, -0.15) is 0 Å². The van der Waals surface area contributed by atoms with Crippen LogP contribution in [-0.2, 0) is 17.7 Å². The third kappa shape index (κ3) is 3.95. The fourth-order valence-electron chi connectivity index (χ4n) is 3.04. The molecule has 0 saturated heterocycles. The van der Waals surface area contributed by atoms with Gasteiger partial charge in [0.2, 0.25) is 5.43 Å². The Bertz CT molecular complexity index is 1060. The van der Waals surface area contributed by atoms with Crippen LogP contribution in [0.1, 0.15) is 42.3 Å². The normalized spacial score (nSPS) is 12.4. The van der Waals surface area contributed by atoms with E-state index in [1.54, 1.807) is 31.4 Å². The highest BCUT2D eigenvalue weighted by Crippen LogP contribution is 2.25. The standard InChI is InChI=1S/C20H20N2O5/c1-20(2,3)27-19(26)21-7-4-5-12-9-13-6-8-22-11-15(18(24)25)17(23)14(10-12)16(13)22/h9-11H,6-8H2,1-3H3,(H,21,26)(H,24,25). The van der Waals surface area contributed by atoms with Gasteiger partial charge < -0.3 is 19.7 Å². The number of carboxylic acid groups (broad SMARTS) is 1. The van der Waals surface area contributed by atoms with Gasteiger partial charge in [0.1, 0.15) is 11.2 Å². The number of aryl methyl sites for hydroxylation is 2. The van der Waals surface area contributed by atoms with Gasteiger partial charge >= 0.3 is 12.1 Å². The molecule has 0 bridgehead atoms. The maximum Gasteiger partial charge on any atom is 0.408 e. The quantitative estimate of drug-likeness (QED) is 0.792. The van der Waals surface area contributed by atoms with Gasteiger partial charge in [-0.25, -0.2) is 9.59 Å². The summed E-state index contributed by atoms with van der Waals surface area (Å²) in [6.45, 7) is 6.04. The molecule has 0 saturated carbocycles. The van der Waals surface area contributed by atoms with Crippen LogP contribution in [0.3, 0.4) is 0 Å². The van der Waals surface area contributed by atoms with Crippen LogP contribution in [-0.4, -0.2) is 33.9 Å². The van der Waals surface area contributed by atoms with Crippen molar-refractivity contribution in [2.45, 2.75) is 39.3 Å². The second-order valence-electron chi connectivity index (χ2n) is 7.31. The fraction of sp³-hybridized carbons (Fsp3) is 0.350. The maximum atomic E-state index is 12.5. The van der Waals surface area contributed by atoms with Crippen molar-refractivity contribution in [3.8, 4) is 11.8 Å². The van der Waals surface area contributed by atoms with Crippen LogP contribution in [0.2, 0.25) is 0 Å². The summed E-state index contributed by atoms with van der Waals surface area (Å²) in [6.07, 6.45) is 1.56.